The van der Waals surface area contributed by atoms with Crippen LogP contribution in [0.3, 0.4) is 0 Å². The van der Waals surface area contributed by atoms with Crippen LogP contribution in [0.4, 0.5) is 0 Å². The molecule has 3 heterocycles. The molecule has 0 aliphatic carbocycles. The highest BCUT2D eigenvalue weighted by Crippen LogP contribution is 2.24. The van der Waals surface area contributed by atoms with Gasteiger partial charge in [-0.25, -0.2) is 9.97 Å². The van der Waals surface area contributed by atoms with E-state index in [1.54, 1.807) is 0 Å². The molecule has 0 amide bonds. The molecule has 5 nitrogen and oxygen atoms in total. The zero-order chi connectivity index (χ0) is 15.0. The van der Waals surface area contributed by atoms with Crippen molar-refractivity contribution in [3.63, 3.8) is 0 Å². The van der Waals surface area contributed by atoms with Crippen LogP contribution in [0, 0.1) is 6.92 Å². The van der Waals surface area contributed by atoms with E-state index < -0.39 is 0 Å². The van der Waals surface area contributed by atoms with Crippen LogP contribution in [0.5, 0.6) is 0 Å². The van der Waals surface area contributed by atoms with E-state index in [0.717, 1.165) is 41.3 Å². The minimum Gasteiger partial charge on any atom is -0.311 e. The topological polar surface area (TPSA) is 48.5 Å². The maximum atomic E-state index is 6.27. The van der Waals surface area contributed by atoms with Crippen LogP contribution in [0.25, 0.3) is 11.2 Å². The predicted octanol–water partition coefficient (Wildman–Crippen LogP) is 3.02. The van der Waals surface area contributed by atoms with Crippen molar-refractivity contribution in [3.05, 3.63) is 41.6 Å². The van der Waals surface area contributed by atoms with Gasteiger partial charge in [-0.2, -0.15) is 5.10 Å². The molecule has 0 aliphatic rings. The summed E-state index contributed by atoms with van der Waals surface area (Å²) in [5.74, 6) is 0.862. The van der Waals surface area contributed by atoms with Crippen LogP contribution in [-0.4, -0.2) is 24.3 Å². The molecule has 21 heavy (non-hydrogen) atoms. The number of aryl methyl sites for hydroxylation is 4. The lowest BCUT2D eigenvalue weighted by Gasteiger charge is -2.09. The molecule has 0 N–H and O–H groups in total. The fourth-order valence-electron chi connectivity index (χ4n) is 2.46. The normalized spacial score (nSPS) is 13.0. The van der Waals surface area contributed by atoms with Crippen molar-refractivity contribution in [1.29, 1.82) is 0 Å². The van der Waals surface area contributed by atoms with Crippen molar-refractivity contribution in [1.82, 2.24) is 24.3 Å². The molecule has 0 spiro atoms. The second kappa shape index (κ2) is 5.48. The van der Waals surface area contributed by atoms with Crippen molar-refractivity contribution in [2.45, 2.75) is 32.2 Å². The number of hydrogen-bond donors (Lipinski definition) is 0. The van der Waals surface area contributed by atoms with Crippen LogP contribution in [-0.2, 0) is 20.0 Å². The van der Waals surface area contributed by atoms with Gasteiger partial charge in [0, 0.05) is 31.9 Å². The van der Waals surface area contributed by atoms with E-state index in [-0.39, 0.29) is 5.38 Å². The Hall–Kier alpha value is -1.88. The molecule has 0 aromatic carbocycles. The highest BCUT2D eigenvalue weighted by atomic mass is 35.5. The quantitative estimate of drug-likeness (QED) is 0.696. The molecular weight excluding hydrogens is 286 g/mol. The smallest absolute Gasteiger partial charge is 0.160 e. The standard InChI is InChI=1S/C15H18ClN5/c1-10-4-5-13-15(17-10)21(14(18-13)11(2)16)9-7-12-6-8-20(3)19-12/h4-6,8,11H,7,9H2,1-3H3. The molecule has 1 unspecified atom stereocenters. The first-order valence-corrected chi connectivity index (χ1v) is 7.44. The lowest BCUT2D eigenvalue weighted by molar-refractivity contribution is 0.642. The van der Waals surface area contributed by atoms with Crippen molar-refractivity contribution >= 4 is 22.8 Å². The third kappa shape index (κ3) is 2.78. The SMILES string of the molecule is Cc1ccc2nc(C(C)Cl)n(CCc3ccn(C)n3)c2n1. The second-order valence-corrected chi connectivity index (χ2v) is 5.92. The molecule has 0 radical (unpaired) electrons. The molecule has 110 valence electrons. The number of aromatic nitrogens is 5. The average molecular weight is 304 g/mol. The minimum atomic E-state index is -0.150. The van der Waals surface area contributed by atoms with E-state index in [9.17, 15) is 0 Å². The molecule has 3 aromatic heterocycles. The highest BCUT2D eigenvalue weighted by Gasteiger charge is 2.16. The minimum absolute atomic E-state index is 0.150. The van der Waals surface area contributed by atoms with E-state index in [2.05, 4.69) is 19.6 Å². The van der Waals surface area contributed by atoms with E-state index in [1.165, 1.54) is 0 Å². The van der Waals surface area contributed by atoms with Gasteiger partial charge in [0.15, 0.2) is 5.65 Å². The summed E-state index contributed by atoms with van der Waals surface area (Å²) in [7, 11) is 1.92. The summed E-state index contributed by atoms with van der Waals surface area (Å²) in [6, 6.07) is 6.00. The van der Waals surface area contributed by atoms with E-state index >= 15 is 0 Å². The first kappa shape index (κ1) is 14.1. The van der Waals surface area contributed by atoms with Gasteiger partial charge in [0.1, 0.15) is 11.3 Å². The summed E-state index contributed by atoms with van der Waals surface area (Å²) in [5.41, 5.74) is 3.83. The van der Waals surface area contributed by atoms with Gasteiger partial charge in [0.2, 0.25) is 0 Å². The number of hydrogen-bond acceptors (Lipinski definition) is 3. The number of nitrogens with zero attached hydrogens (tertiary/aromatic N) is 5. The first-order chi connectivity index (χ1) is 10.0. The predicted molar refractivity (Wildman–Crippen MR) is 83.4 cm³/mol. The summed E-state index contributed by atoms with van der Waals surface area (Å²) < 4.78 is 3.92. The average Bonchev–Trinajstić information content (AvgIpc) is 3.00. The van der Waals surface area contributed by atoms with Crippen molar-refractivity contribution in [3.8, 4) is 0 Å². The number of pyridine rings is 1. The lowest BCUT2D eigenvalue weighted by Crippen LogP contribution is -2.08. The molecule has 6 heteroatoms. The number of rotatable bonds is 4. The molecule has 1 atom stereocenters. The highest BCUT2D eigenvalue weighted by molar-refractivity contribution is 6.20. The van der Waals surface area contributed by atoms with Gasteiger partial charge >= 0.3 is 0 Å². The maximum absolute atomic E-state index is 6.27. The molecule has 0 fully saturated rings. The van der Waals surface area contributed by atoms with Crippen LogP contribution in [0.1, 0.15) is 29.5 Å². The molecule has 3 aromatic rings. The summed E-state index contributed by atoms with van der Waals surface area (Å²) in [6.45, 7) is 4.70. The summed E-state index contributed by atoms with van der Waals surface area (Å²) in [4.78, 5) is 9.23. The Labute approximate surface area is 128 Å². The second-order valence-electron chi connectivity index (χ2n) is 5.26. The van der Waals surface area contributed by atoms with E-state index in [1.807, 2.05) is 50.0 Å². The zero-order valence-electron chi connectivity index (χ0n) is 12.4. The Kier molecular flexibility index (Phi) is 3.68. The monoisotopic (exact) mass is 303 g/mol. The van der Waals surface area contributed by atoms with Gasteiger partial charge < -0.3 is 4.57 Å². The molecule has 3 rings (SSSR count). The Bertz CT molecular complexity index is 772. The summed E-state index contributed by atoms with van der Waals surface area (Å²) in [5, 5.41) is 4.26. The van der Waals surface area contributed by atoms with Gasteiger partial charge in [0.05, 0.1) is 11.1 Å². The van der Waals surface area contributed by atoms with E-state index in [4.69, 9.17) is 11.6 Å². The Morgan fingerprint density at radius 3 is 2.71 bits per heavy atom. The van der Waals surface area contributed by atoms with E-state index in [0.29, 0.717) is 0 Å². The molecule has 0 bridgehead atoms. The van der Waals surface area contributed by atoms with Gasteiger partial charge in [-0.05, 0) is 32.0 Å². The summed E-state index contributed by atoms with van der Waals surface area (Å²) in [6.07, 6.45) is 2.79. The summed E-state index contributed by atoms with van der Waals surface area (Å²) >= 11 is 6.27. The molecular formula is C15H18ClN5. The van der Waals surface area contributed by atoms with Crippen LogP contribution < -0.4 is 0 Å². The zero-order valence-corrected chi connectivity index (χ0v) is 13.2. The van der Waals surface area contributed by atoms with Crippen LogP contribution in [0.2, 0.25) is 0 Å². The fraction of sp³-hybridized carbons (Fsp3) is 0.400. The maximum Gasteiger partial charge on any atom is 0.160 e. The Balaban J connectivity index is 1.98. The Morgan fingerprint density at radius 1 is 1.24 bits per heavy atom. The van der Waals surface area contributed by atoms with Crippen LogP contribution in [0.15, 0.2) is 24.4 Å². The van der Waals surface area contributed by atoms with Gasteiger partial charge in [-0.1, -0.05) is 0 Å². The van der Waals surface area contributed by atoms with Crippen molar-refractivity contribution in [2.75, 3.05) is 0 Å². The third-order valence-electron chi connectivity index (χ3n) is 3.48. The number of imidazole rings is 1. The molecule has 0 aliphatic heterocycles. The third-order valence-corrected chi connectivity index (χ3v) is 3.67. The largest absolute Gasteiger partial charge is 0.311 e. The van der Waals surface area contributed by atoms with Gasteiger partial charge in [-0.3, -0.25) is 4.68 Å². The van der Waals surface area contributed by atoms with Crippen molar-refractivity contribution in [2.24, 2.45) is 7.05 Å². The number of halogens is 1. The molecule has 0 saturated heterocycles. The number of fused-ring (bicyclic) bond motifs is 1. The number of alkyl halides is 1. The fourth-order valence-corrected chi connectivity index (χ4v) is 2.63. The first-order valence-electron chi connectivity index (χ1n) is 7.01. The van der Waals surface area contributed by atoms with Crippen LogP contribution >= 0.6 is 11.6 Å². The molecule has 0 saturated carbocycles. The van der Waals surface area contributed by atoms with Gasteiger partial charge in [0.25, 0.3) is 0 Å². The van der Waals surface area contributed by atoms with Gasteiger partial charge in [-0.15, -0.1) is 11.6 Å². The van der Waals surface area contributed by atoms with Crippen molar-refractivity contribution < 1.29 is 0 Å². The Morgan fingerprint density at radius 2 is 2.05 bits per heavy atom. The lowest BCUT2D eigenvalue weighted by atomic mass is 10.3.